The van der Waals surface area contributed by atoms with Crippen LogP contribution in [0.25, 0.3) is 0 Å². The molecule has 1 heterocycles. The molecule has 0 aliphatic rings. The fourth-order valence-corrected chi connectivity index (χ4v) is 2.44. The van der Waals surface area contributed by atoms with Gasteiger partial charge in [0.1, 0.15) is 11.6 Å². The summed E-state index contributed by atoms with van der Waals surface area (Å²) >= 11 is 0. The van der Waals surface area contributed by atoms with Gasteiger partial charge in [0, 0.05) is 24.2 Å². The standard InChI is InChI=1S/C18H26N4O/c1-4-5-6-11-20-18-21-13(2)16(17(19)22-18)12-14-7-9-15(23-3)10-8-14/h7-10H,4-6,11-12H2,1-3H3,(H3,19,20,21,22). The van der Waals surface area contributed by atoms with Crippen molar-refractivity contribution in [1.29, 1.82) is 0 Å². The van der Waals surface area contributed by atoms with Crippen molar-refractivity contribution in [1.82, 2.24) is 9.97 Å². The lowest BCUT2D eigenvalue weighted by molar-refractivity contribution is 0.414. The Morgan fingerprint density at radius 3 is 2.48 bits per heavy atom. The maximum absolute atomic E-state index is 6.14. The first-order valence-corrected chi connectivity index (χ1v) is 8.13. The highest BCUT2D eigenvalue weighted by Crippen LogP contribution is 2.21. The summed E-state index contributed by atoms with van der Waals surface area (Å²) in [5.41, 5.74) is 9.20. The topological polar surface area (TPSA) is 73.1 Å². The number of unbranched alkanes of at least 4 members (excludes halogenated alkanes) is 2. The zero-order chi connectivity index (χ0) is 16.7. The number of aryl methyl sites for hydroxylation is 1. The Balaban J connectivity index is 2.06. The Hall–Kier alpha value is -2.30. The van der Waals surface area contributed by atoms with Gasteiger partial charge >= 0.3 is 0 Å². The van der Waals surface area contributed by atoms with E-state index >= 15 is 0 Å². The van der Waals surface area contributed by atoms with Gasteiger partial charge in [-0.05, 0) is 31.0 Å². The zero-order valence-corrected chi connectivity index (χ0v) is 14.2. The number of rotatable bonds is 8. The SMILES string of the molecule is CCCCCNc1nc(C)c(Cc2ccc(OC)cc2)c(N)n1. The molecule has 0 bridgehead atoms. The third-order valence-electron chi connectivity index (χ3n) is 3.85. The molecule has 5 heteroatoms. The average molecular weight is 314 g/mol. The van der Waals surface area contributed by atoms with Gasteiger partial charge in [-0.3, -0.25) is 0 Å². The number of anilines is 2. The average Bonchev–Trinajstić information content (AvgIpc) is 2.55. The molecule has 0 fully saturated rings. The van der Waals surface area contributed by atoms with Gasteiger partial charge in [0.15, 0.2) is 0 Å². The fourth-order valence-electron chi connectivity index (χ4n) is 2.44. The molecule has 0 unspecified atom stereocenters. The lowest BCUT2D eigenvalue weighted by atomic mass is 10.0. The van der Waals surface area contributed by atoms with Gasteiger partial charge in [-0.2, -0.15) is 4.98 Å². The normalized spacial score (nSPS) is 10.6. The molecule has 0 saturated carbocycles. The molecule has 0 atom stereocenters. The fraction of sp³-hybridized carbons (Fsp3) is 0.444. The first-order valence-electron chi connectivity index (χ1n) is 8.13. The van der Waals surface area contributed by atoms with Crippen molar-refractivity contribution >= 4 is 11.8 Å². The summed E-state index contributed by atoms with van der Waals surface area (Å²) in [4.78, 5) is 8.93. The van der Waals surface area contributed by atoms with Crippen LogP contribution in [0.5, 0.6) is 5.75 Å². The molecule has 3 N–H and O–H groups in total. The highest BCUT2D eigenvalue weighted by Gasteiger charge is 2.10. The van der Waals surface area contributed by atoms with Gasteiger partial charge < -0.3 is 15.8 Å². The van der Waals surface area contributed by atoms with Gasteiger partial charge in [-0.1, -0.05) is 31.9 Å². The molecular weight excluding hydrogens is 288 g/mol. The molecule has 2 rings (SSSR count). The molecule has 124 valence electrons. The van der Waals surface area contributed by atoms with Crippen LogP contribution < -0.4 is 15.8 Å². The molecule has 0 aliphatic carbocycles. The summed E-state index contributed by atoms with van der Waals surface area (Å²) in [7, 11) is 1.66. The molecule has 2 aromatic rings. The molecule has 0 amide bonds. The largest absolute Gasteiger partial charge is 0.497 e. The van der Waals surface area contributed by atoms with Crippen molar-refractivity contribution in [3.05, 3.63) is 41.1 Å². The molecule has 5 nitrogen and oxygen atoms in total. The van der Waals surface area contributed by atoms with E-state index in [0.717, 1.165) is 42.0 Å². The maximum Gasteiger partial charge on any atom is 0.224 e. The smallest absolute Gasteiger partial charge is 0.224 e. The molecule has 0 radical (unpaired) electrons. The Morgan fingerprint density at radius 2 is 1.87 bits per heavy atom. The van der Waals surface area contributed by atoms with Gasteiger partial charge in [0.25, 0.3) is 0 Å². The molecule has 1 aromatic carbocycles. The van der Waals surface area contributed by atoms with E-state index in [4.69, 9.17) is 10.5 Å². The van der Waals surface area contributed by atoms with Crippen LogP contribution in [-0.4, -0.2) is 23.6 Å². The number of hydrogen-bond donors (Lipinski definition) is 2. The van der Waals surface area contributed by atoms with Gasteiger partial charge in [0.05, 0.1) is 7.11 Å². The van der Waals surface area contributed by atoms with Crippen molar-refractivity contribution in [3.63, 3.8) is 0 Å². The molecule has 1 aromatic heterocycles. The van der Waals surface area contributed by atoms with Crippen LogP contribution in [0.1, 0.15) is 43.0 Å². The van der Waals surface area contributed by atoms with E-state index in [-0.39, 0.29) is 0 Å². The maximum atomic E-state index is 6.14. The number of benzene rings is 1. The van der Waals surface area contributed by atoms with E-state index in [0.29, 0.717) is 11.8 Å². The van der Waals surface area contributed by atoms with E-state index in [1.54, 1.807) is 7.11 Å². The number of hydrogen-bond acceptors (Lipinski definition) is 5. The van der Waals surface area contributed by atoms with Crippen molar-refractivity contribution in [2.24, 2.45) is 0 Å². The summed E-state index contributed by atoms with van der Waals surface area (Å²) in [5.74, 6) is 2.02. The minimum Gasteiger partial charge on any atom is -0.497 e. The predicted molar refractivity (Wildman–Crippen MR) is 95.0 cm³/mol. The second kappa shape index (κ2) is 8.36. The minimum absolute atomic E-state index is 0.548. The van der Waals surface area contributed by atoms with Crippen LogP contribution in [0, 0.1) is 6.92 Å². The molecule has 0 spiro atoms. The van der Waals surface area contributed by atoms with E-state index in [1.807, 2.05) is 31.2 Å². The summed E-state index contributed by atoms with van der Waals surface area (Å²) in [5, 5.41) is 3.25. The highest BCUT2D eigenvalue weighted by molar-refractivity contribution is 5.49. The second-order valence-electron chi connectivity index (χ2n) is 5.66. The Bertz CT molecular complexity index is 602. The number of nitrogen functional groups attached to an aromatic ring is 1. The van der Waals surface area contributed by atoms with E-state index < -0.39 is 0 Å². The number of aromatic nitrogens is 2. The van der Waals surface area contributed by atoms with E-state index in [2.05, 4.69) is 22.2 Å². The van der Waals surface area contributed by atoms with Crippen molar-refractivity contribution in [3.8, 4) is 5.75 Å². The van der Waals surface area contributed by atoms with Crippen molar-refractivity contribution < 1.29 is 4.74 Å². The Labute approximate surface area is 138 Å². The minimum atomic E-state index is 0.548. The quantitative estimate of drug-likeness (QED) is 0.729. The van der Waals surface area contributed by atoms with Crippen LogP contribution in [0.2, 0.25) is 0 Å². The summed E-state index contributed by atoms with van der Waals surface area (Å²) in [6.45, 7) is 5.05. The van der Waals surface area contributed by atoms with E-state index in [1.165, 1.54) is 12.8 Å². The lowest BCUT2D eigenvalue weighted by Gasteiger charge is -2.12. The summed E-state index contributed by atoms with van der Waals surface area (Å²) < 4.78 is 5.18. The Morgan fingerprint density at radius 1 is 1.13 bits per heavy atom. The molecular formula is C18H26N4O. The third kappa shape index (κ3) is 4.84. The van der Waals surface area contributed by atoms with Crippen LogP contribution >= 0.6 is 0 Å². The van der Waals surface area contributed by atoms with Crippen LogP contribution in [0.3, 0.4) is 0 Å². The molecule has 23 heavy (non-hydrogen) atoms. The van der Waals surface area contributed by atoms with E-state index in [9.17, 15) is 0 Å². The first kappa shape index (κ1) is 17.1. The molecule has 0 aliphatic heterocycles. The van der Waals surface area contributed by atoms with Crippen molar-refractivity contribution in [2.45, 2.75) is 39.5 Å². The van der Waals surface area contributed by atoms with Gasteiger partial charge in [-0.25, -0.2) is 4.98 Å². The third-order valence-corrected chi connectivity index (χ3v) is 3.85. The Kier molecular flexibility index (Phi) is 6.20. The first-order chi connectivity index (χ1) is 11.1. The monoisotopic (exact) mass is 314 g/mol. The number of nitrogens with two attached hydrogens (primary N) is 1. The molecule has 0 saturated heterocycles. The van der Waals surface area contributed by atoms with Crippen molar-refractivity contribution in [2.75, 3.05) is 24.7 Å². The highest BCUT2D eigenvalue weighted by atomic mass is 16.5. The number of ether oxygens (including phenoxy) is 1. The zero-order valence-electron chi connectivity index (χ0n) is 14.2. The lowest BCUT2D eigenvalue weighted by Crippen LogP contribution is -2.11. The van der Waals surface area contributed by atoms with Gasteiger partial charge in [0.2, 0.25) is 5.95 Å². The number of nitrogens with one attached hydrogen (secondary N) is 1. The van der Waals surface area contributed by atoms with Crippen LogP contribution in [0.4, 0.5) is 11.8 Å². The van der Waals surface area contributed by atoms with Crippen LogP contribution in [0.15, 0.2) is 24.3 Å². The summed E-state index contributed by atoms with van der Waals surface area (Å²) in [6.07, 6.45) is 4.24. The number of nitrogens with zero attached hydrogens (tertiary/aromatic N) is 2. The summed E-state index contributed by atoms with van der Waals surface area (Å²) in [6, 6.07) is 7.97. The van der Waals surface area contributed by atoms with Crippen LogP contribution in [-0.2, 0) is 6.42 Å². The number of methoxy groups -OCH3 is 1. The predicted octanol–water partition coefficient (Wildman–Crippen LogP) is 3.57. The second-order valence-corrected chi connectivity index (χ2v) is 5.66. The van der Waals surface area contributed by atoms with Gasteiger partial charge in [-0.15, -0.1) is 0 Å².